The molecule has 108 valence electrons. The Balaban J connectivity index is 2.02. The first kappa shape index (κ1) is 14.9. The number of methoxy groups -OCH3 is 1. The summed E-state index contributed by atoms with van der Waals surface area (Å²) < 4.78 is 5.41. The predicted molar refractivity (Wildman–Crippen MR) is 80.5 cm³/mol. The molecule has 1 fully saturated rings. The van der Waals surface area contributed by atoms with Crippen LogP contribution in [0.15, 0.2) is 18.2 Å². The van der Waals surface area contributed by atoms with Crippen molar-refractivity contribution in [1.29, 1.82) is 5.26 Å². The van der Waals surface area contributed by atoms with Gasteiger partial charge in [-0.2, -0.15) is 5.26 Å². The predicted octanol–water partition coefficient (Wildman–Crippen LogP) is 3.43. The minimum absolute atomic E-state index is 0.706. The summed E-state index contributed by atoms with van der Waals surface area (Å²) in [6.07, 6.45) is 2.55. The van der Waals surface area contributed by atoms with Crippen LogP contribution in [0.5, 0.6) is 5.75 Å². The third-order valence-corrected chi connectivity index (χ3v) is 4.38. The summed E-state index contributed by atoms with van der Waals surface area (Å²) in [5.41, 5.74) is 1.83. The van der Waals surface area contributed by atoms with Gasteiger partial charge in [-0.3, -0.25) is 4.90 Å². The fourth-order valence-corrected chi connectivity index (χ4v) is 2.99. The molecule has 0 aromatic heterocycles. The molecule has 0 radical (unpaired) electrons. The average molecular weight is 272 g/mol. The van der Waals surface area contributed by atoms with Gasteiger partial charge in [0.05, 0.1) is 18.7 Å². The molecule has 3 heteroatoms. The maximum absolute atomic E-state index is 9.02. The first-order valence-electron chi connectivity index (χ1n) is 7.43. The molecule has 0 N–H and O–H groups in total. The highest BCUT2D eigenvalue weighted by atomic mass is 16.5. The van der Waals surface area contributed by atoms with Gasteiger partial charge >= 0.3 is 0 Å². The number of hydrogen-bond donors (Lipinski definition) is 0. The quantitative estimate of drug-likeness (QED) is 0.842. The van der Waals surface area contributed by atoms with E-state index < -0.39 is 0 Å². The van der Waals surface area contributed by atoms with E-state index >= 15 is 0 Å². The van der Waals surface area contributed by atoms with Crippen LogP contribution >= 0.6 is 0 Å². The Hall–Kier alpha value is -1.53. The Labute approximate surface area is 122 Å². The summed E-state index contributed by atoms with van der Waals surface area (Å²) >= 11 is 0. The number of rotatable bonds is 4. The molecule has 0 saturated carbocycles. The van der Waals surface area contributed by atoms with E-state index in [0.29, 0.717) is 5.56 Å². The van der Waals surface area contributed by atoms with Crippen molar-refractivity contribution in [3.63, 3.8) is 0 Å². The maximum atomic E-state index is 9.02. The minimum Gasteiger partial charge on any atom is -0.496 e. The van der Waals surface area contributed by atoms with E-state index in [0.717, 1.165) is 42.8 Å². The van der Waals surface area contributed by atoms with Crippen molar-refractivity contribution in [2.24, 2.45) is 11.8 Å². The lowest BCUT2D eigenvalue weighted by Gasteiger charge is -2.34. The molecule has 3 nitrogen and oxygen atoms in total. The van der Waals surface area contributed by atoms with Gasteiger partial charge in [-0.05, 0) is 56.0 Å². The fraction of sp³-hybridized carbons (Fsp3) is 0.588. The normalized spacial score (nSPS) is 17.1. The van der Waals surface area contributed by atoms with Crippen LogP contribution in [0.25, 0.3) is 0 Å². The van der Waals surface area contributed by atoms with Gasteiger partial charge in [-0.15, -0.1) is 0 Å². The lowest BCUT2D eigenvalue weighted by Crippen LogP contribution is -2.34. The Bertz CT molecular complexity index is 482. The van der Waals surface area contributed by atoms with Crippen molar-refractivity contribution in [3.05, 3.63) is 29.3 Å². The second kappa shape index (κ2) is 6.76. The van der Waals surface area contributed by atoms with Gasteiger partial charge in [0.15, 0.2) is 0 Å². The Morgan fingerprint density at radius 3 is 2.60 bits per heavy atom. The highest BCUT2D eigenvalue weighted by Crippen LogP contribution is 2.27. The SMILES string of the molecule is COc1ccc(C#N)cc1CN1CCC(C(C)C)CC1. The summed E-state index contributed by atoms with van der Waals surface area (Å²) in [6.45, 7) is 7.80. The van der Waals surface area contributed by atoms with E-state index in [1.165, 1.54) is 12.8 Å². The van der Waals surface area contributed by atoms with E-state index in [2.05, 4.69) is 24.8 Å². The van der Waals surface area contributed by atoms with Crippen molar-refractivity contribution in [3.8, 4) is 11.8 Å². The molecular weight excluding hydrogens is 248 g/mol. The number of likely N-dealkylation sites (tertiary alicyclic amines) is 1. The van der Waals surface area contributed by atoms with E-state index in [1.54, 1.807) is 7.11 Å². The van der Waals surface area contributed by atoms with E-state index in [1.807, 2.05) is 18.2 Å². The lowest BCUT2D eigenvalue weighted by atomic mass is 9.86. The highest BCUT2D eigenvalue weighted by molar-refractivity contribution is 5.42. The summed E-state index contributed by atoms with van der Waals surface area (Å²) in [5, 5.41) is 9.02. The second-order valence-corrected chi connectivity index (χ2v) is 6.00. The number of nitrogens with zero attached hydrogens (tertiary/aromatic N) is 2. The van der Waals surface area contributed by atoms with Gasteiger partial charge in [0.25, 0.3) is 0 Å². The minimum atomic E-state index is 0.706. The van der Waals surface area contributed by atoms with Crippen LogP contribution in [0.1, 0.15) is 37.8 Å². The zero-order chi connectivity index (χ0) is 14.5. The molecule has 1 aromatic rings. The molecule has 1 aliphatic heterocycles. The van der Waals surface area contributed by atoms with Crippen LogP contribution in [-0.2, 0) is 6.54 Å². The van der Waals surface area contributed by atoms with E-state index in [4.69, 9.17) is 10.00 Å². The summed E-state index contributed by atoms with van der Waals surface area (Å²) in [7, 11) is 1.69. The maximum Gasteiger partial charge on any atom is 0.123 e. The van der Waals surface area contributed by atoms with Gasteiger partial charge in [0.1, 0.15) is 5.75 Å². The fourth-order valence-electron chi connectivity index (χ4n) is 2.99. The number of hydrogen-bond acceptors (Lipinski definition) is 3. The van der Waals surface area contributed by atoms with Gasteiger partial charge in [0, 0.05) is 12.1 Å². The molecule has 0 unspecified atom stereocenters. The summed E-state index contributed by atoms with van der Waals surface area (Å²) in [4.78, 5) is 2.47. The second-order valence-electron chi connectivity index (χ2n) is 6.00. The molecule has 0 atom stereocenters. The van der Waals surface area contributed by atoms with Crippen molar-refractivity contribution in [2.75, 3.05) is 20.2 Å². The summed E-state index contributed by atoms with van der Waals surface area (Å²) in [6, 6.07) is 7.87. The highest BCUT2D eigenvalue weighted by Gasteiger charge is 2.22. The first-order valence-corrected chi connectivity index (χ1v) is 7.43. The van der Waals surface area contributed by atoms with Gasteiger partial charge in [-0.1, -0.05) is 13.8 Å². The van der Waals surface area contributed by atoms with Crippen LogP contribution in [0.4, 0.5) is 0 Å². The van der Waals surface area contributed by atoms with Crippen molar-refractivity contribution in [2.45, 2.75) is 33.2 Å². The molecule has 0 aliphatic carbocycles. The van der Waals surface area contributed by atoms with E-state index in [9.17, 15) is 0 Å². The number of nitriles is 1. The van der Waals surface area contributed by atoms with Crippen LogP contribution < -0.4 is 4.74 Å². The third-order valence-electron chi connectivity index (χ3n) is 4.38. The molecule has 20 heavy (non-hydrogen) atoms. The molecule has 1 saturated heterocycles. The van der Waals surface area contributed by atoms with Crippen LogP contribution in [0.2, 0.25) is 0 Å². The molecule has 0 amide bonds. The topological polar surface area (TPSA) is 36.3 Å². The average Bonchev–Trinajstić information content (AvgIpc) is 2.47. The molecule has 0 bridgehead atoms. The van der Waals surface area contributed by atoms with Crippen molar-refractivity contribution in [1.82, 2.24) is 4.90 Å². The van der Waals surface area contributed by atoms with Gasteiger partial charge in [-0.25, -0.2) is 0 Å². The molecule has 0 spiro atoms. The monoisotopic (exact) mass is 272 g/mol. The zero-order valence-corrected chi connectivity index (χ0v) is 12.7. The third kappa shape index (κ3) is 3.52. The van der Waals surface area contributed by atoms with Crippen molar-refractivity contribution < 1.29 is 4.74 Å². The number of piperidine rings is 1. The van der Waals surface area contributed by atoms with E-state index in [-0.39, 0.29) is 0 Å². The molecule has 1 heterocycles. The zero-order valence-electron chi connectivity index (χ0n) is 12.7. The Kier molecular flexibility index (Phi) is 5.03. The van der Waals surface area contributed by atoms with Crippen LogP contribution in [-0.4, -0.2) is 25.1 Å². The number of benzene rings is 1. The van der Waals surface area contributed by atoms with Crippen LogP contribution in [0.3, 0.4) is 0 Å². The Morgan fingerprint density at radius 2 is 2.05 bits per heavy atom. The van der Waals surface area contributed by atoms with Gasteiger partial charge in [0.2, 0.25) is 0 Å². The smallest absolute Gasteiger partial charge is 0.123 e. The van der Waals surface area contributed by atoms with Crippen molar-refractivity contribution >= 4 is 0 Å². The standard InChI is InChI=1S/C17H24N2O/c1-13(2)15-6-8-19(9-7-15)12-16-10-14(11-18)4-5-17(16)20-3/h4-5,10,13,15H,6-9,12H2,1-3H3. The molecule has 1 aromatic carbocycles. The lowest BCUT2D eigenvalue weighted by molar-refractivity contribution is 0.151. The number of ether oxygens (including phenoxy) is 1. The Morgan fingerprint density at radius 1 is 1.35 bits per heavy atom. The molecule has 2 rings (SSSR count). The van der Waals surface area contributed by atoms with Gasteiger partial charge < -0.3 is 4.74 Å². The molecule has 1 aliphatic rings. The molecular formula is C17H24N2O. The first-order chi connectivity index (χ1) is 9.63. The summed E-state index contributed by atoms with van der Waals surface area (Å²) in [5.74, 6) is 2.53. The van der Waals surface area contributed by atoms with Crippen LogP contribution in [0, 0.1) is 23.2 Å². The largest absolute Gasteiger partial charge is 0.496 e.